The van der Waals surface area contributed by atoms with Crippen molar-refractivity contribution in [1.82, 2.24) is 9.88 Å². The smallest absolute Gasteiger partial charge is 0.260 e. The van der Waals surface area contributed by atoms with Crippen LogP contribution in [0, 0.1) is 0 Å². The van der Waals surface area contributed by atoms with E-state index < -0.39 is 5.91 Å². The highest BCUT2D eigenvalue weighted by atomic mass is 35.5. The Morgan fingerprint density at radius 2 is 1.89 bits per heavy atom. The second-order valence-electron chi connectivity index (χ2n) is 6.38. The maximum Gasteiger partial charge on any atom is 0.260 e. The Balaban J connectivity index is 1.53. The molecule has 0 atom stereocenters. The molecule has 146 valence electrons. The van der Waals surface area contributed by atoms with Gasteiger partial charge in [-0.2, -0.15) is 0 Å². The second kappa shape index (κ2) is 8.53. The van der Waals surface area contributed by atoms with E-state index in [0.717, 1.165) is 43.1 Å². The summed E-state index contributed by atoms with van der Waals surface area (Å²) in [7, 11) is 0. The molecular formula is C19H16Cl3N3O2S. The molecular weight excluding hydrogens is 441 g/mol. The molecule has 28 heavy (non-hydrogen) atoms. The van der Waals surface area contributed by atoms with Crippen molar-refractivity contribution in [2.24, 2.45) is 0 Å². The van der Waals surface area contributed by atoms with Gasteiger partial charge in [0.2, 0.25) is 0 Å². The Morgan fingerprint density at radius 3 is 2.68 bits per heavy atom. The molecule has 1 aromatic heterocycles. The third-order valence-electron chi connectivity index (χ3n) is 4.45. The van der Waals surface area contributed by atoms with Crippen LogP contribution in [-0.2, 0) is 11.3 Å². The van der Waals surface area contributed by atoms with Gasteiger partial charge in [0.25, 0.3) is 5.91 Å². The summed E-state index contributed by atoms with van der Waals surface area (Å²) in [4.78, 5) is 19.5. The predicted octanol–water partition coefficient (Wildman–Crippen LogP) is 5.34. The molecule has 9 heteroatoms. The number of amides is 1. The molecule has 1 saturated heterocycles. The van der Waals surface area contributed by atoms with Crippen molar-refractivity contribution in [2.45, 2.75) is 6.54 Å². The average Bonchev–Trinajstić information content (AvgIpc) is 3.07. The Bertz CT molecular complexity index is 1030. The molecule has 4 rings (SSSR count). The van der Waals surface area contributed by atoms with Crippen LogP contribution in [-0.4, -0.2) is 42.1 Å². The van der Waals surface area contributed by atoms with Crippen LogP contribution in [0.5, 0.6) is 0 Å². The van der Waals surface area contributed by atoms with E-state index >= 15 is 0 Å². The monoisotopic (exact) mass is 455 g/mol. The topological polar surface area (TPSA) is 54.5 Å². The van der Waals surface area contributed by atoms with E-state index in [9.17, 15) is 4.79 Å². The zero-order valence-electron chi connectivity index (χ0n) is 14.7. The Hall–Kier alpha value is -1.41. The van der Waals surface area contributed by atoms with E-state index in [-0.39, 0.29) is 20.6 Å². The number of thiazole rings is 1. The van der Waals surface area contributed by atoms with Crippen LogP contribution in [0.15, 0.2) is 30.3 Å². The average molecular weight is 457 g/mol. The number of carbonyl (C=O) groups excluding carboxylic acids is 1. The maximum atomic E-state index is 12.6. The number of hydrogen-bond acceptors (Lipinski definition) is 5. The van der Waals surface area contributed by atoms with Crippen LogP contribution in [0.4, 0.5) is 5.13 Å². The molecule has 0 saturated carbocycles. The molecule has 1 fully saturated rings. The lowest BCUT2D eigenvalue weighted by Crippen LogP contribution is -2.35. The van der Waals surface area contributed by atoms with Crippen molar-refractivity contribution in [3.63, 3.8) is 0 Å². The third-order valence-corrected chi connectivity index (χ3v) is 6.51. The van der Waals surface area contributed by atoms with Gasteiger partial charge in [-0.1, -0.05) is 52.2 Å². The van der Waals surface area contributed by atoms with E-state index in [1.165, 1.54) is 16.9 Å². The molecule has 1 aliphatic heterocycles. The number of benzene rings is 2. The third kappa shape index (κ3) is 4.27. The lowest BCUT2D eigenvalue weighted by atomic mass is 10.2. The van der Waals surface area contributed by atoms with Crippen LogP contribution < -0.4 is 5.32 Å². The fourth-order valence-corrected chi connectivity index (χ4v) is 4.66. The highest BCUT2D eigenvalue weighted by molar-refractivity contribution is 7.22. The van der Waals surface area contributed by atoms with Gasteiger partial charge in [-0.05, 0) is 29.8 Å². The molecule has 0 unspecified atom stereocenters. The molecule has 0 aliphatic carbocycles. The molecule has 5 nitrogen and oxygen atoms in total. The van der Waals surface area contributed by atoms with E-state index in [1.54, 1.807) is 12.1 Å². The van der Waals surface area contributed by atoms with Gasteiger partial charge in [-0.3, -0.25) is 15.0 Å². The Morgan fingerprint density at radius 1 is 1.14 bits per heavy atom. The molecule has 0 bridgehead atoms. The minimum atomic E-state index is -0.440. The predicted molar refractivity (Wildman–Crippen MR) is 115 cm³/mol. The number of hydrogen-bond donors (Lipinski definition) is 1. The number of morpholine rings is 1. The van der Waals surface area contributed by atoms with Gasteiger partial charge in [0, 0.05) is 19.6 Å². The summed E-state index contributed by atoms with van der Waals surface area (Å²) in [5.74, 6) is -0.440. The lowest BCUT2D eigenvalue weighted by Gasteiger charge is -2.26. The number of fused-ring (bicyclic) bond motifs is 1. The first-order chi connectivity index (χ1) is 13.5. The van der Waals surface area contributed by atoms with E-state index in [1.807, 2.05) is 6.07 Å². The summed E-state index contributed by atoms with van der Waals surface area (Å²) >= 11 is 19.7. The first kappa shape index (κ1) is 19.9. The zero-order chi connectivity index (χ0) is 19.7. The summed E-state index contributed by atoms with van der Waals surface area (Å²) in [6.07, 6.45) is 0. The minimum absolute atomic E-state index is 0.126. The molecule has 2 heterocycles. The number of halogens is 3. The van der Waals surface area contributed by atoms with Gasteiger partial charge in [-0.25, -0.2) is 4.98 Å². The molecule has 2 aromatic carbocycles. The number of rotatable bonds is 4. The summed E-state index contributed by atoms with van der Waals surface area (Å²) in [6.45, 7) is 4.28. The SMILES string of the molecule is O=C(Nc1nc2ccc(CN3CCOCC3)cc2s1)c1c(Cl)ccc(Cl)c1Cl. The number of anilines is 1. The lowest BCUT2D eigenvalue weighted by molar-refractivity contribution is 0.0342. The van der Waals surface area contributed by atoms with Crippen molar-refractivity contribution >= 4 is 67.4 Å². The summed E-state index contributed by atoms with van der Waals surface area (Å²) in [5, 5.41) is 3.89. The fraction of sp³-hybridized carbons (Fsp3) is 0.263. The zero-order valence-corrected chi connectivity index (χ0v) is 17.8. The van der Waals surface area contributed by atoms with Crippen molar-refractivity contribution in [3.05, 3.63) is 56.5 Å². The van der Waals surface area contributed by atoms with Gasteiger partial charge in [0.1, 0.15) is 0 Å². The van der Waals surface area contributed by atoms with Gasteiger partial charge in [-0.15, -0.1) is 0 Å². The molecule has 1 amide bonds. The highest BCUT2D eigenvalue weighted by Crippen LogP contribution is 2.33. The molecule has 1 aliphatic rings. The van der Waals surface area contributed by atoms with Crippen LogP contribution >= 0.6 is 46.1 Å². The number of nitrogens with one attached hydrogen (secondary N) is 1. The van der Waals surface area contributed by atoms with Crippen molar-refractivity contribution in [2.75, 3.05) is 31.6 Å². The van der Waals surface area contributed by atoms with Crippen LogP contribution in [0.25, 0.3) is 10.2 Å². The quantitative estimate of drug-likeness (QED) is 0.538. The van der Waals surface area contributed by atoms with Crippen LogP contribution in [0.3, 0.4) is 0 Å². The number of carbonyl (C=O) groups is 1. The Kier molecular flexibility index (Phi) is 6.06. The normalized spacial score (nSPS) is 15.1. The van der Waals surface area contributed by atoms with Crippen molar-refractivity contribution < 1.29 is 9.53 Å². The maximum absolute atomic E-state index is 12.6. The first-order valence-corrected chi connectivity index (χ1v) is 10.6. The summed E-state index contributed by atoms with van der Waals surface area (Å²) in [5.41, 5.74) is 2.18. The molecule has 1 N–H and O–H groups in total. The van der Waals surface area contributed by atoms with Crippen LogP contribution in [0.1, 0.15) is 15.9 Å². The summed E-state index contributed by atoms with van der Waals surface area (Å²) in [6, 6.07) is 9.24. The van der Waals surface area contributed by atoms with E-state index in [4.69, 9.17) is 39.5 Å². The highest BCUT2D eigenvalue weighted by Gasteiger charge is 2.19. The minimum Gasteiger partial charge on any atom is -0.379 e. The molecule has 0 radical (unpaired) electrons. The number of nitrogens with zero attached hydrogens (tertiary/aromatic N) is 2. The van der Waals surface area contributed by atoms with E-state index in [0.29, 0.717) is 5.13 Å². The van der Waals surface area contributed by atoms with Gasteiger partial charge in [0.05, 0.1) is 44.1 Å². The van der Waals surface area contributed by atoms with Gasteiger partial charge >= 0.3 is 0 Å². The van der Waals surface area contributed by atoms with Gasteiger partial charge in [0.15, 0.2) is 5.13 Å². The first-order valence-electron chi connectivity index (χ1n) is 8.65. The Labute approximate surface area is 181 Å². The van der Waals surface area contributed by atoms with Crippen molar-refractivity contribution in [3.8, 4) is 0 Å². The van der Waals surface area contributed by atoms with Gasteiger partial charge < -0.3 is 4.74 Å². The summed E-state index contributed by atoms with van der Waals surface area (Å²) < 4.78 is 6.40. The number of ether oxygens (including phenoxy) is 1. The molecule has 3 aromatic rings. The van der Waals surface area contributed by atoms with Crippen molar-refractivity contribution in [1.29, 1.82) is 0 Å². The van der Waals surface area contributed by atoms with E-state index in [2.05, 4.69) is 27.3 Å². The number of aromatic nitrogens is 1. The second-order valence-corrected chi connectivity index (χ2v) is 8.60. The van der Waals surface area contributed by atoms with Crippen LogP contribution in [0.2, 0.25) is 15.1 Å². The molecule has 0 spiro atoms. The standard InChI is InChI=1S/C19H16Cl3N3O2S/c20-12-2-3-13(21)17(22)16(12)18(26)24-19-23-14-4-1-11(9-15(14)28-19)10-25-5-7-27-8-6-25/h1-4,9H,5-8,10H2,(H,23,24,26). The largest absolute Gasteiger partial charge is 0.379 e. The fourth-order valence-electron chi connectivity index (χ4n) is 3.03.